The zero-order valence-corrected chi connectivity index (χ0v) is 19.7. The summed E-state index contributed by atoms with van der Waals surface area (Å²) in [5.41, 5.74) is 3.70. The Morgan fingerprint density at radius 3 is 2.50 bits per heavy atom. The molecule has 0 amide bonds. The molecule has 0 bridgehead atoms. The number of nitrogens with zero attached hydrogens (tertiary/aromatic N) is 3. The van der Waals surface area contributed by atoms with Crippen LogP contribution in [0.5, 0.6) is 0 Å². The van der Waals surface area contributed by atoms with E-state index in [0.29, 0.717) is 12.5 Å². The first kappa shape index (κ1) is 25.2. The van der Waals surface area contributed by atoms with Crippen LogP contribution in [-0.4, -0.2) is 42.0 Å². The normalized spacial score (nSPS) is 11.6. The average Bonchev–Trinajstić information content (AvgIpc) is 2.90. The van der Waals surface area contributed by atoms with Crippen LogP contribution in [0.3, 0.4) is 0 Å². The number of halogens is 1. The minimum absolute atomic E-state index is 0. The highest BCUT2D eigenvalue weighted by molar-refractivity contribution is 14.0. The standard InChI is InChI=1S/C19H37N5O.HI/c1-7-17-16(18(8-2)24(6)23-17)13-22-19(20-9-3)21-11-10-12-25-14-15(4)5;/h15H,7-14H2,1-6H3,(H2,20,21,22);1H. The van der Waals surface area contributed by atoms with Gasteiger partial charge in [0.05, 0.1) is 12.2 Å². The van der Waals surface area contributed by atoms with Gasteiger partial charge in [0, 0.05) is 44.6 Å². The number of guanidine groups is 1. The van der Waals surface area contributed by atoms with E-state index in [0.717, 1.165) is 57.2 Å². The summed E-state index contributed by atoms with van der Waals surface area (Å²) in [6, 6.07) is 0. The van der Waals surface area contributed by atoms with Crippen LogP contribution >= 0.6 is 24.0 Å². The van der Waals surface area contributed by atoms with Crippen LogP contribution in [0.15, 0.2) is 4.99 Å². The van der Waals surface area contributed by atoms with E-state index in [1.54, 1.807) is 0 Å². The molecule has 152 valence electrons. The van der Waals surface area contributed by atoms with Crippen LogP contribution in [0.25, 0.3) is 0 Å². The van der Waals surface area contributed by atoms with E-state index in [-0.39, 0.29) is 24.0 Å². The Kier molecular flexibility index (Phi) is 13.8. The van der Waals surface area contributed by atoms with Gasteiger partial charge in [0.25, 0.3) is 0 Å². The van der Waals surface area contributed by atoms with E-state index in [1.165, 1.54) is 11.3 Å². The van der Waals surface area contributed by atoms with Crippen LogP contribution in [0.2, 0.25) is 0 Å². The molecule has 0 atom stereocenters. The van der Waals surface area contributed by atoms with Gasteiger partial charge in [-0.2, -0.15) is 5.10 Å². The van der Waals surface area contributed by atoms with E-state index in [1.807, 2.05) is 11.7 Å². The molecule has 0 saturated heterocycles. The Morgan fingerprint density at radius 2 is 1.92 bits per heavy atom. The number of aromatic nitrogens is 2. The Balaban J connectivity index is 0.00000625. The first-order chi connectivity index (χ1) is 12.0. The second kappa shape index (κ2) is 14.3. The summed E-state index contributed by atoms with van der Waals surface area (Å²) < 4.78 is 7.61. The zero-order chi connectivity index (χ0) is 18.7. The molecule has 7 heteroatoms. The number of aliphatic imine (C=N–C) groups is 1. The summed E-state index contributed by atoms with van der Waals surface area (Å²) in [4.78, 5) is 4.76. The van der Waals surface area contributed by atoms with Crippen LogP contribution < -0.4 is 10.6 Å². The third-order valence-corrected chi connectivity index (χ3v) is 3.98. The number of nitrogens with one attached hydrogen (secondary N) is 2. The van der Waals surface area contributed by atoms with Crippen LogP contribution in [0, 0.1) is 5.92 Å². The van der Waals surface area contributed by atoms with Crippen molar-refractivity contribution < 1.29 is 4.74 Å². The van der Waals surface area contributed by atoms with E-state index in [2.05, 4.69) is 50.4 Å². The van der Waals surface area contributed by atoms with Gasteiger partial charge < -0.3 is 15.4 Å². The number of hydrogen-bond donors (Lipinski definition) is 2. The third kappa shape index (κ3) is 8.70. The molecule has 6 nitrogen and oxygen atoms in total. The maximum absolute atomic E-state index is 5.62. The number of aryl methyl sites for hydroxylation is 2. The maximum atomic E-state index is 5.62. The lowest BCUT2D eigenvalue weighted by Crippen LogP contribution is -2.38. The SMILES string of the molecule is CCNC(=NCc1c(CC)nn(C)c1CC)NCCCOCC(C)C.I. The smallest absolute Gasteiger partial charge is 0.191 e. The van der Waals surface area contributed by atoms with Crippen molar-refractivity contribution in [3.8, 4) is 0 Å². The molecule has 2 N–H and O–H groups in total. The lowest BCUT2D eigenvalue weighted by molar-refractivity contribution is 0.108. The first-order valence-electron chi connectivity index (χ1n) is 9.66. The molecule has 1 aromatic rings. The van der Waals surface area contributed by atoms with E-state index in [4.69, 9.17) is 9.73 Å². The molecule has 0 radical (unpaired) electrons. The summed E-state index contributed by atoms with van der Waals surface area (Å²) >= 11 is 0. The molecule has 0 aliphatic heterocycles. The average molecular weight is 479 g/mol. The molecule has 1 aromatic heterocycles. The molecule has 0 unspecified atom stereocenters. The van der Waals surface area contributed by atoms with Gasteiger partial charge in [0.2, 0.25) is 0 Å². The van der Waals surface area contributed by atoms with Crippen LogP contribution in [-0.2, 0) is 31.2 Å². The van der Waals surface area contributed by atoms with Gasteiger partial charge in [-0.15, -0.1) is 24.0 Å². The fourth-order valence-electron chi connectivity index (χ4n) is 2.77. The summed E-state index contributed by atoms with van der Waals surface area (Å²) in [6.45, 7) is 14.7. The van der Waals surface area contributed by atoms with Crippen molar-refractivity contribution in [1.29, 1.82) is 0 Å². The van der Waals surface area contributed by atoms with Gasteiger partial charge in [0.1, 0.15) is 0 Å². The highest BCUT2D eigenvalue weighted by Gasteiger charge is 2.13. The third-order valence-electron chi connectivity index (χ3n) is 3.98. The van der Waals surface area contributed by atoms with Crippen molar-refractivity contribution in [2.24, 2.45) is 18.0 Å². The lowest BCUT2D eigenvalue weighted by Gasteiger charge is -2.12. The monoisotopic (exact) mass is 479 g/mol. The lowest BCUT2D eigenvalue weighted by atomic mass is 10.1. The molecular weight excluding hydrogens is 441 g/mol. The van der Waals surface area contributed by atoms with Gasteiger partial charge in [-0.3, -0.25) is 4.68 Å². The summed E-state index contributed by atoms with van der Waals surface area (Å²) in [5.74, 6) is 1.45. The first-order valence-corrected chi connectivity index (χ1v) is 9.66. The van der Waals surface area contributed by atoms with Crippen molar-refractivity contribution in [2.75, 3.05) is 26.3 Å². The van der Waals surface area contributed by atoms with Gasteiger partial charge >= 0.3 is 0 Å². The quantitative estimate of drug-likeness (QED) is 0.221. The molecule has 0 spiro atoms. The minimum atomic E-state index is 0. The second-order valence-electron chi connectivity index (χ2n) is 6.65. The van der Waals surface area contributed by atoms with Crippen molar-refractivity contribution in [1.82, 2.24) is 20.4 Å². The van der Waals surface area contributed by atoms with E-state index < -0.39 is 0 Å². The molecule has 1 rings (SSSR count). The molecule has 0 aliphatic carbocycles. The Morgan fingerprint density at radius 1 is 1.19 bits per heavy atom. The van der Waals surface area contributed by atoms with Gasteiger partial charge in [-0.25, -0.2) is 4.99 Å². The van der Waals surface area contributed by atoms with Gasteiger partial charge in [-0.05, 0) is 32.1 Å². The molecule has 26 heavy (non-hydrogen) atoms. The Hall–Kier alpha value is -0.830. The highest BCUT2D eigenvalue weighted by atomic mass is 127. The largest absolute Gasteiger partial charge is 0.381 e. The zero-order valence-electron chi connectivity index (χ0n) is 17.4. The number of rotatable bonds is 11. The summed E-state index contributed by atoms with van der Waals surface area (Å²) in [7, 11) is 2.02. The predicted molar refractivity (Wildman–Crippen MR) is 120 cm³/mol. The van der Waals surface area contributed by atoms with Crippen molar-refractivity contribution >= 4 is 29.9 Å². The summed E-state index contributed by atoms with van der Waals surface area (Å²) in [5, 5.41) is 11.3. The van der Waals surface area contributed by atoms with Crippen molar-refractivity contribution in [3.05, 3.63) is 17.0 Å². The Labute approximate surface area is 176 Å². The second-order valence-corrected chi connectivity index (χ2v) is 6.65. The fourth-order valence-corrected chi connectivity index (χ4v) is 2.77. The maximum Gasteiger partial charge on any atom is 0.191 e. The number of ether oxygens (including phenoxy) is 1. The number of hydrogen-bond acceptors (Lipinski definition) is 3. The topological polar surface area (TPSA) is 63.5 Å². The fraction of sp³-hybridized carbons (Fsp3) is 0.789. The van der Waals surface area contributed by atoms with E-state index >= 15 is 0 Å². The van der Waals surface area contributed by atoms with Crippen molar-refractivity contribution in [2.45, 2.75) is 60.4 Å². The van der Waals surface area contributed by atoms with E-state index in [9.17, 15) is 0 Å². The van der Waals surface area contributed by atoms with Crippen LogP contribution in [0.4, 0.5) is 0 Å². The highest BCUT2D eigenvalue weighted by Crippen LogP contribution is 2.16. The molecule has 0 fully saturated rings. The molecule has 0 aromatic carbocycles. The van der Waals surface area contributed by atoms with Gasteiger partial charge in [0.15, 0.2) is 5.96 Å². The Bertz CT molecular complexity index is 528. The molecular formula is C19H38IN5O. The minimum Gasteiger partial charge on any atom is -0.381 e. The molecule has 0 saturated carbocycles. The molecule has 1 heterocycles. The van der Waals surface area contributed by atoms with Crippen molar-refractivity contribution in [3.63, 3.8) is 0 Å². The summed E-state index contributed by atoms with van der Waals surface area (Å²) in [6.07, 6.45) is 2.89. The van der Waals surface area contributed by atoms with Crippen LogP contribution in [0.1, 0.15) is 58.0 Å². The molecule has 0 aliphatic rings. The predicted octanol–water partition coefficient (Wildman–Crippen LogP) is 3.28. The van der Waals surface area contributed by atoms with Gasteiger partial charge in [-0.1, -0.05) is 27.7 Å².